The summed E-state index contributed by atoms with van der Waals surface area (Å²) in [5.41, 5.74) is 2.54. The van der Waals surface area contributed by atoms with E-state index in [2.05, 4.69) is 74.4 Å². The van der Waals surface area contributed by atoms with Crippen LogP contribution in [0, 0.1) is 5.41 Å². The standard InChI is InChI=1S/C22H38OS/c1-10-15(3)18-12-17(13-19(20(18)23)16(4)11-2)24-22(8,9)14-21(5,6)7/h12-13,15-16,23H,10-11,14H2,1-9H3. The number of rotatable bonds is 7. The topological polar surface area (TPSA) is 20.2 Å². The summed E-state index contributed by atoms with van der Waals surface area (Å²) in [4.78, 5) is 1.30. The molecule has 1 rings (SSSR count). The van der Waals surface area contributed by atoms with E-state index < -0.39 is 0 Å². The highest BCUT2D eigenvalue weighted by Crippen LogP contribution is 2.45. The number of phenolic OH excluding ortho intramolecular Hbond substituents is 1. The number of aromatic hydroxyl groups is 1. The highest BCUT2D eigenvalue weighted by molar-refractivity contribution is 8.00. The number of hydrogen-bond acceptors (Lipinski definition) is 2. The van der Waals surface area contributed by atoms with E-state index in [1.165, 1.54) is 4.90 Å². The number of phenols is 1. The Labute approximate surface area is 154 Å². The van der Waals surface area contributed by atoms with Gasteiger partial charge in [-0.15, -0.1) is 11.8 Å². The zero-order chi connectivity index (χ0) is 18.7. The molecule has 0 spiro atoms. The lowest BCUT2D eigenvalue weighted by molar-refractivity contribution is 0.339. The van der Waals surface area contributed by atoms with Crippen LogP contribution in [-0.4, -0.2) is 9.85 Å². The van der Waals surface area contributed by atoms with Crippen LogP contribution in [0.4, 0.5) is 0 Å². The molecule has 2 atom stereocenters. The third-order valence-electron chi connectivity index (χ3n) is 4.78. The molecule has 0 aliphatic carbocycles. The Morgan fingerprint density at radius 1 is 0.917 bits per heavy atom. The van der Waals surface area contributed by atoms with Crippen molar-refractivity contribution < 1.29 is 5.11 Å². The lowest BCUT2D eigenvalue weighted by atomic mass is 9.86. The summed E-state index contributed by atoms with van der Waals surface area (Å²) in [6.07, 6.45) is 3.25. The van der Waals surface area contributed by atoms with E-state index in [9.17, 15) is 5.11 Å². The highest BCUT2D eigenvalue weighted by Gasteiger charge is 2.28. The summed E-state index contributed by atoms with van der Waals surface area (Å²) in [5, 5.41) is 10.8. The van der Waals surface area contributed by atoms with Crippen molar-refractivity contribution in [2.75, 3.05) is 0 Å². The largest absolute Gasteiger partial charge is 0.507 e. The van der Waals surface area contributed by atoms with Gasteiger partial charge in [0.1, 0.15) is 5.75 Å². The number of thioether (sulfide) groups is 1. The Morgan fingerprint density at radius 3 is 1.67 bits per heavy atom. The molecule has 0 heterocycles. The first kappa shape index (κ1) is 21.4. The van der Waals surface area contributed by atoms with Crippen LogP contribution in [-0.2, 0) is 0 Å². The Morgan fingerprint density at radius 2 is 1.33 bits per heavy atom. The Hall–Kier alpha value is -0.630. The fourth-order valence-corrected chi connectivity index (χ4v) is 5.05. The average Bonchev–Trinajstić information content (AvgIpc) is 2.44. The van der Waals surface area contributed by atoms with Crippen LogP contribution in [0.3, 0.4) is 0 Å². The summed E-state index contributed by atoms with van der Waals surface area (Å²) in [7, 11) is 0. The van der Waals surface area contributed by atoms with Gasteiger partial charge >= 0.3 is 0 Å². The van der Waals surface area contributed by atoms with E-state index in [1.807, 2.05) is 11.8 Å². The molecule has 2 heteroatoms. The number of hydrogen-bond donors (Lipinski definition) is 1. The van der Waals surface area contributed by atoms with Gasteiger partial charge in [-0.2, -0.15) is 0 Å². The molecule has 1 nitrogen and oxygen atoms in total. The third-order valence-corrected chi connectivity index (χ3v) is 5.95. The second-order valence-corrected chi connectivity index (χ2v) is 10.9. The van der Waals surface area contributed by atoms with Gasteiger partial charge in [0.2, 0.25) is 0 Å². The molecule has 138 valence electrons. The smallest absolute Gasteiger partial charge is 0.122 e. The fourth-order valence-electron chi connectivity index (χ4n) is 3.53. The van der Waals surface area contributed by atoms with E-state index in [4.69, 9.17) is 0 Å². The van der Waals surface area contributed by atoms with Gasteiger partial charge in [0.05, 0.1) is 0 Å². The van der Waals surface area contributed by atoms with Crippen LogP contribution in [0.25, 0.3) is 0 Å². The van der Waals surface area contributed by atoms with Gasteiger partial charge in [0, 0.05) is 9.64 Å². The molecule has 1 N–H and O–H groups in total. The van der Waals surface area contributed by atoms with E-state index >= 15 is 0 Å². The van der Waals surface area contributed by atoms with Crippen molar-refractivity contribution in [1.29, 1.82) is 0 Å². The molecule has 0 saturated carbocycles. The Kier molecular flexibility index (Phi) is 7.29. The summed E-state index contributed by atoms with van der Waals surface area (Å²) < 4.78 is 0.175. The molecule has 24 heavy (non-hydrogen) atoms. The Bertz CT molecular complexity index is 508. The van der Waals surface area contributed by atoms with Gasteiger partial charge in [-0.05, 0) is 59.8 Å². The second kappa shape index (κ2) is 8.17. The monoisotopic (exact) mass is 350 g/mol. The van der Waals surface area contributed by atoms with Crippen LogP contribution < -0.4 is 0 Å². The van der Waals surface area contributed by atoms with Gasteiger partial charge in [0.15, 0.2) is 0 Å². The fraction of sp³-hybridized carbons (Fsp3) is 0.727. The molecule has 0 fully saturated rings. The van der Waals surface area contributed by atoms with Gasteiger partial charge in [0.25, 0.3) is 0 Å². The molecule has 0 aromatic heterocycles. The third kappa shape index (κ3) is 6.02. The molecular weight excluding hydrogens is 312 g/mol. The highest BCUT2D eigenvalue weighted by atomic mass is 32.2. The van der Waals surface area contributed by atoms with Crippen molar-refractivity contribution in [3.63, 3.8) is 0 Å². The lowest BCUT2D eigenvalue weighted by Gasteiger charge is -2.32. The maximum Gasteiger partial charge on any atom is 0.122 e. The van der Waals surface area contributed by atoms with Crippen LogP contribution in [0.2, 0.25) is 0 Å². The summed E-state index contributed by atoms with van der Waals surface area (Å²) >= 11 is 1.95. The first-order valence-electron chi connectivity index (χ1n) is 9.46. The minimum absolute atomic E-state index is 0.175. The maximum atomic E-state index is 10.8. The van der Waals surface area contributed by atoms with Crippen molar-refractivity contribution in [2.24, 2.45) is 5.41 Å². The van der Waals surface area contributed by atoms with E-state index in [0.29, 0.717) is 23.0 Å². The molecule has 0 radical (unpaired) electrons. The predicted octanol–water partition coefficient (Wildman–Crippen LogP) is 7.73. The second-order valence-electron chi connectivity index (χ2n) is 9.17. The van der Waals surface area contributed by atoms with Gasteiger partial charge in [-0.25, -0.2) is 0 Å². The zero-order valence-electron chi connectivity index (χ0n) is 17.3. The molecule has 0 aliphatic heterocycles. The summed E-state index contributed by atoms with van der Waals surface area (Å²) in [6, 6.07) is 4.45. The minimum Gasteiger partial charge on any atom is -0.507 e. The maximum absolute atomic E-state index is 10.8. The predicted molar refractivity (Wildman–Crippen MR) is 110 cm³/mol. The lowest BCUT2D eigenvalue weighted by Crippen LogP contribution is -2.23. The average molecular weight is 351 g/mol. The van der Waals surface area contributed by atoms with Crippen molar-refractivity contribution in [1.82, 2.24) is 0 Å². The van der Waals surface area contributed by atoms with Gasteiger partial charge in [-0.1, -0.05) is 62.3 Å². The summed E-state index contributed by atoms with van der Waals surface area (Å²) in [6.45, 7) is 20.4. The molecule has 1 aromatic rings. The van der Waals surface area contributed by atoms with Crippen LogP contribution >= 0.6 is 11.8 Å². The first-order chi connectivity index (χ1) is 10.9. The van der Waals surface area contributed by atoms with Crippen LogP contribution in [0.5, 0.6) is 5.75 Å². The molecular formula is C22H38OS. The quantitative estimate of drug-likeness (QED) is 0.508. The van der Waals surface area contributed by atoms with E-state index in [0.717, 1.165) is 30.4 Å². The normalized spacial score (nSPS) is 15.4. The minimum atomic E-state index is 0.175. The van der Waals surface area contributed by atoms with E-state index in [-0.39, 0.29) is 4.75 Å². The molecule has 1 aromatic carbocycles. The van der Waals surface area contributed by atoms with Gasteiger partial charge in [-0.3, -0.25) is 0 Å². The number of benzene rings is 1. The molecule has 0 aliphatic rings. The molecule has 0 saturated heterocycles. The van der Waals surface area contributed by atoms with Crippen molar-refractivity contribution in [3.8, 4) is 5.75 Å². The SMILES string of the molecule is CCC(C)c1cc(SC(C)(C)CC(C)(C)C)cc(C(C)CC)c1O. The zero-order valence-corrected chi connectivity index (χ0v) is 18.1. The van der Waals surface area contributed by atoms with Crippen molar-refractivity contribution in [2.45, 2.75) is 103 Å². The van der Waals surface area contributed by atoms with Crippen LogP contribution in [0.15, 0.2) is 17.0 Å². The van der Waals surface area contributed by atoms with Crippen molar-refractivity contribution >= 4 is 11.8 Å². The first-order valence-corrected chi connectivity index (χ1v) is 10.3. The Balaban J connectivity index is 3.28. The molecule has 2 unspecified atom stereocenters. The molecule has 0 amide bonds. The van der Waals surface area contributed by atoms with E-state index in [1.54, 1.807) is 0 Å². The summed E-state index contributed by atoms with van der Waals surface area (Å²) in [5.74, 6) is 1.30. The van der Waals surface area contributed by atoms with Crippen molar-refractivity contribution in [3.05, 3.63) is 23.3 Å². The molecule has 0 bridgehead atoms. The van der Waals surface area contributed by atoms with Gasteiger partial charge < -0.3 is 5.11 Å². The van der Waals surface area contributed by atoms with Crippen LogP contribution in [0.1, 0.15) is 105 Å².